The third-order valence-corrected chi connectivity index (χ3v) is 4.02. The average molecular weight is 299 g/mol. The number of aliphatic carboxylic acids is 1. The largest absolute Gasteiger partial charge is 0.480 e. The lowest BCUT2D eigenvalue weighted by atomic mass is 10.0. The molecule has 114 valence electrons. The molecule has 2 heterocycles. The maximum atomic E-state index is 12.8. The number of aromatic amines is 1. The number of carbonyl (C=O) groups excluding carboxylic acids is 1. The Morgan fingerprint density at radius 1 is 1.27 bits per heavy atom. The quantitative estimate of drug-likeness (QED) is 0.909. The fourth-order valence-corrected chi connectivity index (χ4v) is 3.01. The lowest BCUT2D eigenvalue weighted by Crippen LogP contribution is -2.42. The zero-order valence-electron chi connectivity index (χ0n) is 12.2. The number of aromatic nitrogens is 2. The summed E-state index contributed by atoms with van der Waals surface area (Å²) in [7, 11) is 0. The molecule has 0 saturated carbocycles. The Balaban J connectivity index is 1.97. The molecule has 1 fully saturated rings. The Labute approximate surface area is 127 Å². The van der Waals surface area contributed by atoms with Gasteiger partial charge in [0.25, 0.3) is 5.91 Å². The normalized spacial score (nSPS) is 21.0. The van der Waals surface area contributed by atoms with Gasteiger partial charge in [-0.2, -0.15) is 0 Å². The van der Waals surface area contributed by atoms with Crippen molar-refractivity contribution in [3.8, 4) is 0 Å². The number of amides is 1. The molecule has 22 heavy (non-hydrogen) atoms. The van der Waals surface area contributed by atoms with E-state index >= 15 is 0 Å². The van der Waals surface area contributed by atoms with Crippen LogP contribution in [0.4, 0.5) is 0 Å². The number of imidazole rings is 1. The molecule has 3 rings (SSSR count). The highest BCUT2D eigenvalue weighted by atomic mass is 16.4. The smallest absolute Gasteiger partial charge is 0.326 e. The summed E-state index contributed by atoms with van der Waals surface area (Å²) in [6.07, 6.45) is 2.55. The third-order valence-electron chi connectivity index (χ3n) is 4.02. The van der Waals surface area contributed by atoms with Crippen molar-refractivity contribution < 1.29 is 14.7 Å². The molecule has 2 aromatic rings. The van der Waals surface area contributed by atoms with E-state index in [0.29, 0.717) is 24.4 Å². The fraction of sp³-hybridized carbons (Fsp3) is 0.312. The standard InChI is InChI=1S/C16H17N3O3/c1-10-17-9-12(18-10)15(20)19-13(7-8-14(19)16(21)22)11-5-3-2-4-6-11/h2-6,9,13-14H,7-8H2,1H3,(H,17,18)(H,21,22)/t13-,14?/m0/s1. The van der Waals surface area contributed by atoms with Crippen molar-refractivity contribution in [3.05, 3.63) is 53.6 Å². The molecule has 0 radical (unpaired) electrons. The van der Waals surface area contributed by atoms with Crippen LogP contribution in [0.15, 0.2) is 36.5 Å². The minimum atomic E-state index is -0.969. The molecule has 1 unspecified atom stereocenters. The summed E-state index contributed by atoms with van der Waals surface area (Å²) in [5.41, 5.74) is 1.28. The van der Waals surface area contributed by atoms with E-state index in [1.165, 1.54) is 11.1 Å². The fourth-order valence-electron chi connectivity index (χ4n) is 3.01. The van der Waals surface area contributed by atoms with Gasteiger partial charge in [-0.1, -0.05) is 30.3 Å². The Bertz CT molecular complexity index is 696. The second kappa shape index (κ2) is 5.63. The molecule has 1 saturated heterocycles. The maximum absolute atomic E-state index is 12.8. The molecule has 1 aliphatic heterocycles. The highest BCUT2D eigenvalue weighted by molar-refractivity contribution is 5.95. The molecule has 1 aromatic heterocycles. The van der Waals surface area contributed by atoms with Gasteiger partial charge in [0.1, 0.15) is 17.6 Å². The van der Waals surface area contributed by atoms with Gasteiger partial charge in [0.15, 0.2) is 0 Å². The zero-order valence-corrected chi connectivity index (χ0v) is 12.2. The second-order valence-electron chi connectivity index (χ2n) is 5.45. The number of nitrogens with one attached hydrogen (secondary N) is 1. The van der Waals surface area contributed by atoms with E-state index < -0.39 is 12.0 Å². The number of rotatable bonds is 3. The Kier molecular flexibility index (Phi) is 3.66. The number of aryl methyl sites for hydroxylation is 1. The van der Waals surface area contributed by atoms with Crippen molar-refractivity contribution in [3.63, 3.8) is 0 Å². The van der Waals surface area contributed by atoms with Gasteiger partial charge in [0.2, 0.25) is 0 Å². The number of hydrogen-bond acceptors (Lipinski definition) is 3. The van der Waals surface area contributed by atoms with Gasteiger partial charge in [-0.3, -0.25) is 4.79 Å². The number of benzene rings is 1. The lowest BCUT2D eigenvalue weighted by molar-refractivity contribution is -0.141. The summed E-state index contributed by atoms with van der Waals surface area (Å²) in [6.45, 7) is 1.75. The van der Waals surface area contributed by atoms with Crippen LogP contribution in [0.25, 0.3) is 0 Å². The number of nitrogens with zero attached hydrogens (tertiary/aromatic N) is 2. The molecular formula is C16H17N3O3. The van der Waals surface area contributed by atoms with Gasteiger partial charge in [-0.25, -0.2) is 9.78 Å². The van der Waals surface area contributed by atoms with E-state index in [4.69, 9.17) is 0 Å². The molecule has 0 spiro atoms. The lowest BCUT2D eigenvalue weighted by Gasteiger charge is -2.28. The molecule has 2 N–H and O–H groups in total. The van der Waals surface area contributed by atoms with Gasteiger partial charge in [-0.05, 0) is 25.3 Å². The molecule has 0 bridgehead atoms. The molecule has 1 aliphatic rings. The van der Waals surface area contributed by atoms with Crippen LogP contribution in [0.5, 0.6) is 0 Å². The van der Waals surface area contributed by atoms with E-state index in [1.54, 1.807) is 6.92 Å². The first kappa shape index (κ1) is 14.3. The SMILES string of the molecule is Cc1ncc(C(=O)N2C(C(=O)O)CC[C@H]2c2ccccc2)[nH]1. The topological polar surface area (TPSA) is 86.3 Å². The van der Waals surface area contributed by atoms with Crippen molar-refractivity contribution in [1.82, 2.24) is 14.9 Å². The van der Waals surface area contributed by atoms with Crippen LogP contribution < -0.4 is 0 Å². The van der Waals surface area contributed by atoms with Gasteiger partial charge >= 0.3 is 5.97 Å². The number of hydrogen-bond donors (Lipinski definition) is 2. The van der Waals surface area contributed by atoms with Crippen LogP contribution in [-0.4, -0.2) is 37.9 Å². The van der Waals surface area contributed by atoms with E-state index in [9.17, 15) is 14.7 Å². The number of carboxylic acid groups (broad SMARTS) is 1. The molecule has 1 amide bonds. The van der Waals surface area contributed by atoms with Crippen molar-refractivity contribution in [2.75, 3.05) is 0 Å². The first-order valence-corrected chi connectivity index (χ1v) is 7.20. The predicted octanol–water partition coefficient (Wildman–Crippen LogP) is 2.15. The average Bonchev–Trinajstić information content (AvgIpc) is 3.13. The summed E-state index contributed by atoms with van der Waals surface area (Å²) in [5, 5.41) is 9.43. The van der Waals surface area contributed by atoms with Gasteiger partial charge in [0, 0.05) is 0 Å². The van der Waals surface area contributed by atoms with Gasteiger partial charge in [0.05, 0.1) is 12.2 Å². The number of H-pyrrole nitrogens is 1. The third kappa shape index (κ3) is 2.47. The summed E-state index contributed by atoms with van der Waals surface area (Å²) in [6, 6.07) is 8.51. The van der Waals surface area contributed by atoms with E-state index in [1.807, 2.05) is 30.3 Å². The van der Waals surface area contributed by atoms with Crippen molar-refractivity contribution in [1.29, 1.82) is 0 Å². The molecule has 1 aromatic carbocycles. The van der Waals surface area contributed by atoms with Crippen LogP contribution in [0.1, 0.15) is 40.8 Å². The highest BCUT2D eigenvalue weighted by Gasteiger charge is 2.42. The summed E-state index contributed by atoms with van der Waals surface area (Å²) >= 11 is 0. The molecule has 6 nitrogen and oxygen atoms in total. The monoisotopic (exact) mass is 299 g/mol. The summed E-state index contributed by atoms with van der Waals surface area (Å²) in [4.78, 5) is 32.6. The zero-order chi connectivity index (χ0) is 15.7. The van der Waals surface area contributed by atoms with Crippen LogP contribution in [0.2, 0.25) is 0 Å². The van der Waals surface area contributed by atoms with Gasteiger partial charge in [-0.15, -0.1) is 0 Å². The highest BCUT2D eigenvalue weighted by Crippen LogP contribution is 2.37. The van der Waals surface area contributed by atoms with Crippen molar-refractivity contribution in [2.24, 2.45) is 0 Å². The molecule has 2 atom stereocenters. The molecule has 6 heteroatoms. The van der Waals surface area contributed by atoms with Crippen LogP contribution in [-0.2, 0) is 4.79 Å². The summed E-state index contributed by atoms with van der Waals surface area (Å²) < 4.78 is 0. The molecular weight excluding hydrogens is 282 g/mol. The minimum absolute atomic E-state index is 0.224. The van der Waals surface area contributed by atoms with E-state index in [-0.39, 0.29) is 11.9 Å². The maximum Gasteiger partial charge on any atom is 0.326 e. The van der Waals surface area contributed by atoms with Gasteiger partial charge < -0.3 is 15.0 Å². The Hall–Kier alpha value is -2.63. The Morgan fingerprint density at radius 3 is 2.59 bits per heavy atom. The Morgan fingerprint density at radius 2 is 2.00 bits per heavy atom. The molecule has 0 aliphatic carbocycles. The second-order valence-corrected chi connectivity index (χ2v) is 5.45. The minimum Gasteiger partial charge on any atom is -0.480 e. The van der Waals surface area contributed by atoms with E-state index in [0.717, 1.165) is 5.56 Å². The van der Waals surface area contributed by atoms with Crippen LogP contribution in [0, 0.1) is 6.92 Å². The predicted molar refractivity (Wildman–Crippen MR) is 79.3 cm³/mol. The van der Waals surface area contributed by atoms with Crippen LogP contribution in [0.3, 0.4) is 0 Å². The number of likely N-dealkylation sites (tertiary alicyclic amines) is 1. The summed E-state index contributed by atoms with van der Waals surface area (Å²) in [5.74, 6) is -0.659. The first-order chi connectivity index (χ1) is 10.6. The van der Waals surface area contributed by atoms with E-state index in [2.05, 4.69) is 9.97 Å². The van der Waals surface area contributed by atoms with Crippen molar-refractivity contribution >= 4 is 11.9 Å². The number of carbonyl (C=O) groups is 2. The number of carboxylic acids is 1. The van der Waals surface area contributed by atoms with Crippen molar-refractivity contribution in [2.45, 2.75) is 31.8 Å². The van der Waals surface area contributed by atoms with Crippen LogP contribution >= 0.6 is 0 Å². The first-order valence-electron chi connectivity index (χ1n) is 7.20.